The summed E-state index contributed by atoms with van der Waals surface area (Å²) in [7, 11) is -4.51. The molecule has 0 saturated heterocycles. The first-order valence-electron chi connectivity index (χ1n) is 6.75. The molecule has 0 spiro atoms. The summed E-state index contributed by atoms with van der Waals surface area (Å²) in [6.07, 6.45) is 0. The molecule has 25 heavy (non-hydrogen) atoms. The highest BCUT2D eigenvalue weighted by Gasteiger charge is 2.23. The highest BCUT2D eigenvalue weighted by Crippen LogP contribution is 2.16. The lowest BCUT2D eigenvalue weighted by molar-refractivity contribution is 0.0696. The second-order valence-corrected chi connectivity index (χ2v) is 7.25. The molecular formula is C15H9ClN2O6S. The predicted octanol–water partition coefficient (Wildman–Crippen LogP) is 1.28. The largest absolute Gasteiger partial charge is 0.478 e. The minimum Gasteiger partial charge on any atom is -0.478 e. The molecule has 2 N–H and O–H groups in total. The van der Waals surface area contributed by atoms with Crippen LogP contribution in [-0.2, 0) is 10.0 Å². The second kappa shape index (κ2) is 5.87. The van der Waals surface area contributed by atoms with E-state index in [2.05, 4.69) is 4.98 Å². The first kappa shape index (κ1) is 16.9. The Morgan fingerprint density at radius 3 is 2.32 bits per heavy atom. The number of nitrogens with one attached hydrogen (secondary N) is 1. The van der Waals surface area contributed by atoms with E-state index in [9.17, 15) is 22.8 Å². The topological polar surface area (TPSA) is 126 Å². The molecule has 128 valence electrons. The number of hydrogen-bond donors (Lipinski definition) is 2. The number of halogens is 1. The number of benzene rings is 2. The molecule has 0 bridgehead atoms. The van der Waals surface area contributed by atoms with Crippen LogP contribution >= 0.6 is 11.6 Å². The maximum absolute atomic E-state index is 12.6. The SMILES string of the molecule is O=C(O)c1ccc(S(=O)(=O)n2c(=O)[nH]c3cc(Cl)ccc3c2=O)cc1. The first-order chi connectivity index (χ1) is 11.7. The summed E-state index contributed by atoms with van der Waals surface area (Å²) in [5.41, 5.74) is -2.21. The molecule has 0 aliphatic rings. The number of fused-ring (bicyclic) bond motifs is 1. The maximum Gasteiger partial charge on any atom is 0.343 e. The van der Waals surface area contributed by atoms with Gasteiger partial charge in [0.05, 0.1) is 21.4 Å². The van der Waals surface area contributed by atoms with Gasteiger partial charge in [0.2, 0.25) is 0 Å². The summed E-state index contributed by atoms with van der Waals surface area (Å²) in [5, 5.41) is 9.09. The van der Waals surface area contributed by atoms with Gasteiger partial charge < -0.3 is 10.1 Å². The van der Waals surface area contributed by atoms with Gasteiger partial charge in [-0.2, -0.15) is 0 Å². The van der Waals surface area contributed by atoms with Crippen LogP contribution in [0.25, 0.3) is 10.9 Å². The molecule has 0 saturated carbocycles. The smallest absolute Gasteiger partial charge is 0.343 e. The number of rotatable bonds is 3. The quantitative estimate of drug-likeness (QED) is 0.704. The lowest BCUT2D eigenvalue weighted by atomic mass is 10.2. The molecule has 3 rings (SSSR count). The summed E-state index contributed by atoms with van der Waals surface area (Å²) in [4.78, 5) is 37.4. The van der Waals surface area contributed by atoms with Crippen molar-refractivity contribution in [2.75, 3.05) is 0 Å². The zero-order valence-electron chi connectivity index (χ0n) is 12.3. The lowest BCUT2D eigenvalue weighted by Gasteiger charge is -2.08. The zero-order valence-corrected chi connectivity index (χ0v) is 13.8. The van der Waals surface area contributed by atoms with Crippen LogP contribution < -0.4 is 11.2 Å². The van der Waals surface area contributed by atoms with Crippen LogP contribution in [0.15, 0.2) is 56.9 Å². The van der Waals surface area contributed by atoms with E-state index in [0.717, 1.165) is 24.3 Å². The number of carboxylic acid groups (broad SMARTS) is 1. The molecule has 1 aromatic heterocycles. The molecule has 3 aromatic rings. The molecule has 0 amide bonds. The van der Waals surface area contributed by atoms with Crippen molar-refractivity contribution in [3.05, 3.63) is 73.9 Å². The summed E-state index contributed by atoms with van der Waals surface area (Å²) in [5.74, 6) is -1.23. The van der Waals surface area contributed by atoms with Crippen molar-refractivity contribution in [1.82, 2.24) is 8.96 Å². The number of hydrogen-bond acceptors (Lipinski definition) is 5. The lowest BCUT2D eigenvalue weighted by Crippen LogP contribution is -2.39. The van der Waals surface area contributed by atoms with Gasteiger partial charge in [0.15, 0.2) is 0 Å². The Balaban J connectivity index is 2.27. The van der Waals surface area contributed by atoms with E-state index < -0.39 is 32.1 Å². The van der Waals surface area contributed by atoms with E-state index in [1.165, 1.54) is 18.2 Å². The van der Waals surface area contributed by atoms with Crippen LogP contribution in [0.4, 0.5) is 0 Å². The molecule has 0 atom stereocenters. The minimum absolute atomic E-state index is 0.0327. The Labute approximate surface area is 145 Å². The molecule has 0 radical (unpaired) electrons. The summed E-state index contributed by atoms with van der Waals surface area (Å²) in [6.45, 7) is 0. The molecule has 2 aromatic carbocycles. The first-order valence-corrected chi connectivity index (χ1v) is 8.57. The van der Waals surface area contributed by atoms with Crippen molar-refractivity contribution in [3.63, 3.8) is 0 Å². The van der Waals surface area contributed by atoms with Gasteiger partial charge in [-0.05, 0) is 42.5 Å². The summed E-state index contributed by atoms with van der Waals surface area (Å²) in [6, 6.07) is 8.17. The van der Waals surface area contributed by atoms with E-state index in [1.807, 2.05) is 0 Å². The van der Waals surface area contributed by atoms with E-state index in [0.29, 0.717) is 0 Å². The fraction of sp³-hybridized carbons (Fsp3) is 0. The monoisotopic (exact) mass is 380 g/mol. The van der Waals surface area contributed by atoms with Crippen LogP contribution in [0, 0.1) is 0 Å². The Morgan fingerprint density at radius 2 is 1.72 bits per heavy atom. The van der Waals surface area contributed by atoms with E-state index in [4.69, 9.17) is 16.7 Å². The van der Waals surface area contributed by atoms with Gasteiger partial charge >= 0.3 is 11.7 Å². The number of aromatic amines is 1. The molecule has 0 unspecified atom stereocenters. The fourth-order valence-corrected chi connectivity index (χ4v) is 3.71. The predicted molar refractivity (Wildman–Crippen MR) is 89.8 cm³/mol. The van der Waals surface area contributed by atoms with Crippen molar-refractivity contribution in [2.45, 2.75) is 4.90 Å². The standard InChI is InChI=1S/C15H9ClN2O6S/c16-9-3-6-11-12(7-9)17-15(22)18(13(11)19)25(23,24)10-4-1-8(2-5-10)14(20)21/h1-7H,(H,17,22)(H,20,21). The number of aromatic carboxylic acids is 1. The number of H-pyrrole nitrogens is 1. The Kier molecular flexibility index (Phi) is 3.97. The zero-order chi connectivity index (χ0) is 18.4. The number of carboxylic acids is 1. The Morgan fingerprint density at radius 1 is 1.08 bits per heavy atom. The van der Waals surface area contributed by atoms with E-state index >= 15 is 0 Å². The average Bonchev–Trinajstić information content (AvgIpc) is 2.54. The van der Waals surface area contributed by atoms with Gasteiger partial charge in [-0.1, -0.05) is 11.6 Å². The van der Waals surface area contributed by atoms with Crippen LogP contribution in [0.5, 0.6) is 0 Å². The normalized spacial score (nSPS) is 11.6. The number of nitrogens with zero attached hydrogens (tertiary/aromatic N) is 1. The molecular weight excluding hydrogens is 372 g/mol. The minimum atomic E-state index is -4.51. The van der Waals surface area contributed by atoms with Gasteiger partial charge in [0.1, 0.15) is 0 Å². The fourth-order valence-electron chi connectivity index (χ4n) is 2.27. The average molecular weight is 381 g/mol. The van der Waals surface area contributed by atoms with Crippen LogP contribution in [0.1, 0.15) is 10.4 Å². The third kappa shape index (κ3) is 2.83. The van der Waals surface area contributed by atoms with Gasteiger partial charge in [-0.25, -0.2) is 18.0 Å². The van der Waals surface area contributed by atoms with Crippen LogP contribution in [-0.4, -0.2) is 28.5 Å². The molecule has 0 fully saturated rings. The van der Waals surface area contributed by atoms with Gasteiger partial charge in [0, 0.05) is 5.02 Å². The molecule has 1 heterocycles. The van der Waals surface area contributed by atoms with E-state index in [-0.39, 0.29) is 25.5 Å². The van der Waals surface area contributed by atoms with Crippen molar-refractivity contribution < 1.29 is 18.3 Å². The molecule has 0 aliphatic heterocycles. The summed E-state index contributed by atoms with van der Waals surface area (Å²) >= 11 is 5.79. The van der Waals surface area contributed by atoms with Crippen molar-refractivity contribution in [1.29, 1.82) is 0 Å². The number of carbonyl (C=O) groups is 1. The summed E-state index contributed by atoms with van der Waals surface area (Å²) < 4.78 is 25.4. The van der Waals surface area contributed by atoms with Crippen molar-refractivity contribution in [2.24, 2.45) is 0 Å². The molecule has 8 nitrogen and oxygen atoms in total. The second-order valence-electron chi connectivity index (χ2n) is 5.02. The third-order valence-electron chi connectivity index (χ3n) is 3.46. The Hall–Kier alpha value is -2.91. The highest BCUT2D eigenvalue weighted by atomic mass is 35.5. The van der Waals surface area contributed by atoms with E-state index in [1.54, 1.807) is 0 Å². The van der Waals surface area contributed by atoms with Gasteiger partial charge in [-0.3, -0.25) is 4.79 Å². The Bertz CT molecular complexity index is 1230. The van der Waals surface area contributed by atoms with Crippen molar-refractivity contribution in [3.8, 4) is 0 Å². The van der Waals surface area contributed by atoms with Crippen LogP contribution in [0.2, 0.25) is 5.02 Å². The highest BCUT2D eigenvalue weighted by molar-refractivity contribution is 7.90. The number of aromatic nitrogens is 2. The van der Waals surface area contributed by atoms with Crippen molar-refractivity contribution >= 4 is 38.5 Å². The van der Waals surface area contributed by atoms with Gasteiger partial charge in [-0.15, -0.1) is 3.97 Å². The third-order valence-corrected chi connectivity index (χ3v) is 5.38. The molecule has 0 aliphatic carbocycles. The maximum atomic E-state index is 12.6. The van der Waals surface area contributed by atoms with Crippen LogP contribution in [0.3, 0.4) is 0 Å². The van der Waals surface area contributed by atoms with Gasteiger partial charge in [0.25, 0.3) is 15.6 Å². The molecule has 10 heteroatoms.